The van der Waals surface area contributed by atoms with Gasteiger partial charge in [-0.3, -0.25) is 14.9 Å². The topological polar surface area (TPSA) is 84.5 Å². The molecule has 0 radical (unpaired) electrons. The Morgan fingerprint density at radius 1 is 1.32 bits per heavy atom. The first-order valence-electron chi connectivity index (χ1n) is 7.36. The lowest BCUT2D eigenvalue weighted by atomic mass is 9.68. The molecule has 1 spiro atoms. The fraction of sp³-hybridized carbons (Fsp3) is 0.438. The third-order valence-corrected chi connectivity index (χ3v) is 4.22. The van der Waals surface area contributed by atoms with Gasteiger partial charge in [0.2, 0.25) is 0 Å². The number of amides is 3. The molecule has 1 aliphatic carbocycles. The minimum Gasteiger partial charge on any atom is -0.462 e. The number of ether oxygens (including phenoxy) is 1. The fourth-order valence-corrected chi connectivity index (χ4v) is 3.05. The van der Waals surface area contributed by atoms with Crippen LogP contribution >= 0.6 is 0 Å². The molecule has 1 aromatic carbocycles. The molecule has 6 heteroatoms. The number of esters is 1. The van der Waals surface area contributed by atoms with E-state index >= 15 is 0 Å². The van der Waals surface area contributed by atoms with Crippen molar-refractivity contribution in [3.05, 3.63) is 35.9 Å². The lowest BCUT2D eigenvalue weighted by Gasteiger charge is -2.40. The van der Waals surface area contributed by atoms with E-state index in [0.29, 0.717) is 19.3 Å². The maximum atomic E-state index is 12.1. The molecule has 2 fully saturated rings. The Morgan fingerprint density at radius 2 is 2.00 bits per heavy atom. The van der Waals surface area contributed by atoms with E-state index in [4.69, 9.17) is 4.74 Å². The van der Waals surface area contributed by atoms with E-state index in [1.165, 1.54) is 0 Å². The van der Waals surface area contributed by atoms with E-state index in [1.54, 1.807) is 0 Å². The van der Waals surface area contributed by atoms with Crippen LogP contribution in [0, 0.1) is 5.92 Å². The van der Waals surface area contributed by atoms with Gasteiger partial charge in [0.15, 0.2) is 0 Å². The van der Waals surface area contributed by atoms with Gasteiger partial charge in [0, 0.05) is 6.42 Å². The summed E-state index contributed by atoms with van der Waals surface area (Å²) < 4.78 is 5.44. The molecule has 1 heterocycles. The van der Waals surface area contributed by atoms with Crippen molar-refractivity contribution in [3.8, 4) is 0 Å². The van der Waals surface area contributed by atoms with E-state index in [1.807, 2.05) is 37.3 Å². The monoisotopic (exact) mass is 302 g/mol. The SMILES string of the molecule is CC(Cc1ccccc1)OC(=O)C1CC2(C1)NC(=O)NC2=O. The van der Waals surface area contributed by atoms with Crippen molar-refractivity contribution < 1.29 is 19.1 Å². The first kappa shape index (κ1) is 14.6. The number of hydrogen-bond acceptors (Lipinski definition) is 4. The standard InChI is InChI=1S/C16H18N2O4/c1-10(7-11-5-3-2-4-6-11)22-13(19)12-8-16(9-12)14(20)17-15(21)18-16/h2-6,10,12H,7-9H2,1H3,(H2,17,18,20,21). The van der Waals surface area contributed by atoms with Crippen LogP contribution < -0.4 is 10.6 Å². The summed E-state index contributed by atoms with van der Waals surface area (Å²) in [5.41, 5.74) is 0.207. The average molecular weight is 302 g/mol. The minimum atomic E-state index is -0.899. The average Bonchev–Trinajstić information content (AvgIpc) is 2.72. The van der Waals surface area contributed by atoms with E-state index in [0.717, 1.165) is 5.56 Å². The Morgan fingerprint density at radius 3 is 2.59 bits per heavy atom. The summed E-state index contributed by atoms with van der Waals surface area (Å²) in [6.45, 7) is 1.85. The molecule has 3 rings (SSSR count). The van der Waals surface area contributed by atoms with Crippen LogP contribution in [-0.4, -0.2) is 29.6 Å². The molecule has 1 saturated heterocycles. The Labute approximate surface area is 128 Å². The molecule has 2 N–H and O–H groups in total. The molecule has 2 aliphatic rings. The smallest absolute Gasteiger partial charge is 0.322 e. The second-order valence-electron chi connectivity index (χ2n) is 6.03. The van der Waals surface area contributed by atoms with Crippen LogP contribution in [0.5, 0.6) is 0 Å². The number of carbonyl (C=O) groups excluding carboxylic acids is 3. The minimum absolute atomic E-state index is 0.224. The zero-order valence-electron chi connectivity index (χ0n) is 12.3. The Hall–Kier alpha value is -2.37. The van der Waals surface area contributed by atoms with Crippen LogP contribution in [0.3, 0.4) is 0 Å². The largest absolute Gasteiger partial charge is 0.462 e. The van der Waals surface area contributed by atoms with Gasteiger partial charge >= 0.3 is 12.0 Å². The van der Waals surface area contributed by atoms with E-state index in [-0.39, 0.29) is 23.9 Å². The molecule has 0 bridgehead atoms. The van der Waals surface area contributed by atoms with E-state index < -0.39 is 11.6 Å². The van der Waals surface area contributed by atoms with Gasteiger partial charge in [-0.15, -0.1) is 0 Å². The summed E-state index contributed by atoms with van der Waals surface area (Å²) in [5, 5.41) is 4.79. The highest BCUT2D eigenvalue weighted by molar-refractivity contribution is 6.08. The highest BCUT2D eigenvalue weighted by Gasteiger charge is 2.57. The molecule has 1 atom stereocenters. The van der Waals surface area contributed by atoms with Crippen LogP contribution in [0.15, 0.2) is 30.3 Å². The second kappa shape index (κ2) is 5.44. The Balaban J connectivity index is 1.50. The molecular formula is C16H18N2O4. The van der Waals surface area contributed by atoms with Crippen LogP contribution in [0.1, 0.15) is 25.3 Å². The summed E-state index contributed by atoms with van der Waals surface area (Å²) in [6, 6.07) is 9.31. The molecule has 1 aliphatic heterocycles. The van der Waals surface area contributed by atoms with Crippen molar-refractivity contribution in [1.82, 2.24) is 10.6 Å². The molecule has 1 unspecified atom stereocenters. The maximum absolute atomic E-state index is 12.1. The van der Waals surface area contributed by atoms with Gasteiger partial charge in [0.25, 0.3) is 5.91 Å². The summed E-state index contributed by atoms with van der Waals surface area (Å²) >= 11 is 0. The molecule has 0 aromatic heterocycles. The van der Waals surface area contributed by atoms with Crippen molar-refractivity contribution in [3.63, 3.8) is 0 Å². The van der Waals surface area contributed by atoms with Crippen molar-refractivity contribution in [2.24, 2.45) is 5.92 Å². The highest BCUT2D eigenvalue weighted by atomic mass is 16.5. The molecular weight excluding hydrogens is 284 g/mol. The van der Waals surface area contributed by atoms with Crippen molar-refractivity contribution in [1.29, 1.82) is 0 Å². The van der Waals surface area contributed by atoms with E-state index in [9.17, 15) is 14.4 Å². The van der Waals surface area contributed by atoms with Gasteiger partial charge < -0.3 is 10.1 Å². The van der Waals surface area contributed by atoms with Gasteiger partial charge in [-0.2, -0.15) is 0 Å². The predicted molar refractivity (Wildman–Crippen MR) is 77.8 cm³/mol. The predicted octanol–water partition coefficient (Wildman–Crippen LogP) is 1.15. The summed E-state index contributed by atoms with van der Waals surface area (Å²) in [5.74, 6) is -0.982. The molecule has 3 amide bonds. The number of nitrogens with one attached hydrogen (secondary N) is 2. The van der Waals surface area contributed by atoms with Crippen molar-refractivity contribution in [2.75, 3.05) is 0 Å². The number of carbonyl (C=O) groups is 3. The Bertz CT molecular complexity index is 608. The zero-order chi connectivity index (χ0) is 15.7. The second-order valence-corrected chi connectivity index (χ2v) is 6.03. The van der Waals surface area contributed by atoms with Crippen LogP contribution in [0.25, 0.3) is 0 Å². The third-order valence-electron chi connectivity index (χ3n) is 4.22. The molecule has 116 valence electrons. The first-order chi connectivity index (χ1) is 10.5. The van der Waals surface area contributed by atoms with Crippen molar-refractivity contribution in [2.45, 2.75) is 37.8 Å². The quantitative estimate of drug-likeness (QED) is 0.645. The van der Waals surface area contributed by atoms with Crippen LogP contribution in [0.2, 0.25) is 0 Å². The van der Waals surface area contributed by atoms with Gasteiger partial charge in [-0.05, 0) is 25.3 Å². The summed E-state index contributed by atoms with van der Waals surface area (Å²) in [6.07, 6.45) is 1.04. The number of imide groups is 1. The lowest BCUT2D eigenvalue weighted by Crippen LogP contribution is -2.59. The fourth-order valence-electron chi connectivity index (χ4n) is 3.05. The van der Waals surface area contributed by atoms with Gasteiger partial charge in [0.1, 0.15) is 11.6 Å². The number of urea groups is 1. The summed E-state index contributed by atoms with van der Waals surface area (Å²) in [7, 11) is 0. The first-order valence-corrected chi connectivity index (χ1v) is 7.36. The molecule has 1 saturated carbocycles. The summed E-state index contributed by atoms with van der Waals surface area (Å²) in [4.78, 5) is 34.9. The third kappa shape index (κ3) is 2.68. The van der Waals surface area contributed by atoms with Crippen molar-refractivity contribution >= 4 is 17.9 Å². The van der Waals surface area contributed by atoms with Gasteiger partial charge in [-0.25, -0.2) is 4.79 Å². The zero-order valence-corrected chi connectivity index (χ0v) is 12.3. The molecule has 1 aromatic rings. The molecule has 6 nitrogen and oxygen atoms in total. The lowest BCUT2D eigenvalue weighted by molar-refractivity contribution is -0.160. The van der Waals surface area contributed by atoms with E-state index in [2.05, 4.69) is 10.6 Å². The van der Waals surface area contributed by atoms with Crippen LogP contribution in [-0.2, 0) is 20.7 Å². The highest BCUT2D eigenvalue weighted by Crippen LogP contribution is 2.40. The van der Waals surface area contributed by atoms with Crippen LogP contribution in [0.4, 0.5) is 4.79 Å². The number of hydrogen-bond donors (Lipinski definition) is 2. The van der Waals surface area contributed by atoms with Gasteiger partial charge in [-0.1, -0.05) is 30.3 Å². The normalized spacial score (nSPS) is 27.8. The Kier molecular flexibility index (Phi) is 3.60. The maximum Gasteiger partial charge on any atom is 0.322 e. The number of rotatable bonds is 4. The van der Waals surface area contributed by atoms with Gasteiger partial charge in [0.05, 0.1) is 5.92 Å². The molecule has 22 heavy (non-hydrogen) atoms. The number of benzene rings is 1.